The molecule has 0 amide bonds. The van der Waals surface area contributed by atoms with Gasteiger partial charge in [0.1, 0.15) is 12.5 Å². The molecule has 2 aliphatic heterocycles. The fourth-order valence-corrected chi connectivity index (χ4v) is 4.36. The van der Waals surface area contributed by atoms with Crippen molar-refractivity contribution in [3.63, 3.8) is 0 Å². The van der Waals surface area contributed by atoms with Gasteiger partial charge >= 0.3 is 0 Å². The first kappa shape index (κ1) is 14.3. The third kappa shape index (κ3) is 1.74. The highest BCUT2D eigenvalue weighted by Gasteiger charge is 2.53. The molecule has 2 bridgehead atoms. The minimum atomic E-state index is 0. The number of fused-ring (bicyclic) bond motifs is 1. The second-order valence-corrected chi connectivity index (χ2v) is 6.11. The Morgan fingerprint density at radius 1 is 1.00 bits per heavy atom. The van der Waals surface area contributed by atoms with E-state index in [2.05, 4.69) is 73.1 Å². The zero-order valence-corrected chi connectivity index (χ0v) is 13.3. The normalized spacial score (nSPS) is 26.3. The molecule has 2 aromatic carbocycles. The Morgan fingerprint density at radius 3 is 2.43 bits per heavy atom. The number of halogens is 1. The van der Waals surface area contributed by atoms with Gasteiger partial charge in [-0.15, -0.1) is 0 Å². The topological polar surface area (TPSA) is 3.01 Å². The van der Waals surface area contributed by atoms with Gasteiger partial charge in [-0.05, 0) is 17.5 Å². The Kier molecular flexibility index (Phi) is 3.41. The van der Waals surface area contributed by atoms with Crippen LogP contribution in [-0.2, 0) is 5.41 Å². The molecule has 0 saturated carbocycles. The van der Waals surface area contributed by atoms with Crippen molar-refractivity contribution in [2.45, 2.75) is 31.2 Å². The van der Waals surface area contributed by atoms with Gasteiger partial charge in [-0.2, -0.15) is 0 Å². The van der Waals surface area contributed by atoms with Crippen molar-refractivity contribution in [3.8, 4) is 0 Å². The summed E-state index contributed by atoms with van der Waals surface area (Å²) in [6.45, 7) is 2.31. The van der Waals surface area contributed by atoms with Crippen molar-refractivity contribution < 1.29 is 17.0 Å². The summed E-state index contributed by atoms with van der Waals surface area (Å²) in [6, 6.07) is 20.6. The Bertz CT molecular complexity index is 705. The van der Waals surface area contributed by atoms with Crippen LogP contribution in [0.1, 0.15) is 42.5 Å². The molecule has 5 rings (SSSR count). The van der Waals surface area contributed by atoms with E-state index in [1.807, 2.05) is 0 Å². The molecule has 1 aliphatic carbocycles. The van der Waals surface area contributed by atoms with Crippen LogP contribution in [0.3, 0.4) is 0 Å². The van der Waals surface area contributed by atoms with E-state index < -0.39 is 0 Å². The number of hydrogen-bond acceptors (Lipinski definition) is 0. The molecule has 0 saturated heterocycles. The molecule has 2 aromatic rings. The second kappa shape index (κ2) is 4.99. The lowest BCUT2D eigenvalue weighted by Gasteiger charge is -2.44. The van der Waals surface area contributed by atoms with Crippen molar-refractivity contribution in [2.75, 3.05) is 7.05 Å². The lowest BCUT2D eigenvalue weighted by atomic mass is 9.60. The Morgan fingerprint density at radius 2 is 1.67 bits per heavy atom. The van der Waals surface area contributed by atoms with E-state index in [4.69, 9.17) is 0 Å². The smallest absolute Gasteiger partial charge is 0.178 e. The molecule has 1 nitrogen and oxygen atoms in total. The van der Waals surface area contributed by atoms with Crippen LogP contribution in [0, 0.1) is 0 Å². The first-order valence-corrected chi connectivity index (χ1v) is 7.47. The van der Waals surface area contributed by atoms with Gasteiger partial charge < -0.3 is 12.4 Å². The van der Waals surface area contributed by atoms with Crippen LogP contribution in [0.15, 0.2) is 54.6 Å². The van der Waals surface area contributed by atoms with Crippen LogP contribution in [0.2, 0.25) is 0 Å². The molecule has 21 heavy (non-hydrogen) atoms. The molecule has 108 valence electrons. The number of benzene rings is 2. The fraction of sp³-hybridized carbons (Fsp3) is 0.316. The van der Waals surface area contributed by atoms with Crippen LogP contribution >= 0.6 is 0 Å². The summed E-state index contributed by atoms with van der Waals surface area (Å²) in [7, 11) is 2.26. The zero-order valence-electron chi connectivity index (χ0n) is 12.5. The average Bonchev–Trinajstić information content (AvgIpc) is 2.52. The highest BCUT2D eigenvalue weighted by molar-refractivity contribution is 5.95. The van der Waals surface area contributed by atoms with Crippen molar-refractivity contribution in [1.82, 2.24) is 0 Å². The van der Waals surface area contributed by atoms with Gasteiger partial charge in [0.25, 0.3) is 0 Å². The van der Waals surface area contributed by atoms with E-state index in [9.17, 15) is 0 Å². The molecular formula is C19H20ClN. The summed E-state index contributed by atoms with van der Waals surface area (Å²) >= 11 is 0. The quantitative estimate of drug-likeness (QED) is 0.689. The average molecular weight is 298 g/mol. The molecule has 0 radical (unpaired) electrons. The van der Waals surface area contributed by atoms with E-state index in [1.54, 1.807) is 0 Å². The summed E-state index contributed by atoms with van der Waals surface area (Å²) in [5.41, 5.74) is 6.07. The molecule has 2 heteroatoms. The van der Waals surface area contributed by atoms with Crippen molar-refractivity contribution >= 4 is 5.71 Å². The molecule has 2 atom stereocenters. The van der Waals surface area contributed by atoms with E-state index in [0.717, 1.165) is 0 Å². The third-order valence-corrected chi connectivity index (χ3v) is 5.45. The van der Waals surface area contributed by atoms with Gasteiger partial charge in [-0.1, -0.05) is 54.6 Å². The maximum absolute atomic E-state index is 2.50. The van der Waals surface area contributed by atoms with Gasteiger partial charge in [0.15, 0.2) is 11.8 Å². The van der Waals surface area contributed by atoms with Crippen LogP contribution < -0.4 is 12.4 Å². The summed E-state index contributed by atoms with van der Waals surface area (Å²) in [5.74, 6) is 0. The predicted octanol–water partition coefficient (Wildman–Crippen LogP) is 0.928. The highest BCUT2D eigenvalue weighted by Crippen LogP contribution is 2.51. The summed E-state index contributed by atoms with van der Waals surface area (Å²) in [5, 5.41) is 0. The van der Waals surface area contributed by atoms with E-state index in [1.165, 1.54) is 35.2 Å². The monoisotopic (exact) mass is 297 g/mol. The largest absolute Gasteiger partial charge is 1.00 e. The minimum absolute atomic E-state index is 0. The lowest BCUT2D eigenvalue weighted by Crippen LogP contribution is -3.00. The van der Waals surface area contributed by atoms with Gasteiger partial charge in [0.2, 0.25) is 0 Å². The number of rotatable bonds is 1. The molecule has 0 N–H and O–H groups in total. The van der Waals surface area contributed by atoms with Gasteiger partial charge in [-0.25, -0.2) is 4.58 Å². The highest BCUT2D eigenvalue weighted by atomic mass is 35.5. The van der Waals surface area contributed by atoms with Crippen LogP contribution in [0.4, 0.5) is 0 Å². The fourth-order valence-electron chi connectivity index (χ4n) is 4.36. The molecule has 2 unspecified atom stereocenters. The second-order valence-electron chi connectivity index (χ2n) is 6.11. The van der Waals surface area contributed by atoms with Crippen molar-refractivity contribution in [1.29, 1.82) is 0 Å². The van der Waals surface area contributed by atoms with Gasteiger partial charge in [0.05, 0.1) is 0 Å². The molecule has 0 fully saturated rings. The summed E-state index contributed by atoms with van der Waals surface area (Å²) in [4.78, 5) is 0. The minimum Gasteiger partial charge on any atom is -1.00 e. The maximum Gasteiger partial charge on any atom is 0.178 e. The Labute approximate surface area is 132 Å². The molecule has 0 spiro atoms. The van der Waals surface area contributed by atoms with Crippen molar-refractivity contribution in [3.05, 3.63) is 71.3 Å². The molecule has 2 heterocycles. The van der Waals surface area contributed by atoms with Crippen LogP contribution in [-0.4, -0.2) is 17.3 Å². The van der Waals surface area contributed by atoms with E-state index >= 15 is 0 Å². The summed E-state index contributed by atoms with van der Waals surface area (Å²) in [6.07, 6.45) is 2.48. The predicted molar refractivity (Wildman–Crippen MR) is 82.5 cm³/mol. The number of hydrogen-bond donors (Lipinski definition) is 0. The SMILES string of the molecule is CC1=[N+](C)C2CCC1(c1ccccc1)c1ccccc12.[Cl-]. The summed E-state index contributed by atoms with van der Waals surface area (Å²) < 4.78 is 2.50. The maximum atomic E-state index is 2.50. The van der Waals surface area contributed by atoms with E-state index in [0.29, 0.717) is 6.04 Å². The van der Waals surface area contributed by atoms with Gasteiger partial charge in [-0.3, -0.25) is 0 Å². The molecule has 3 aliphatic rings. The number of nitrogens with zero attached hydrogens (tertiary/aromatic N) is 1. The van der Waals surface area contributed by atoms with Gasteiger partial charge in [0, 0.05) is 18.9 Å². The van der Waals surface area contributed by atoms with Crippen LogP contribution in [0.5, 0.6) is 0 Å². The zero-order chi connectivity index (χ0) is 13.7. The lowest BCUT2D eigenvalue weighted by molar-refractivity contribution is -0.557. The Balaban J connectivity index is 0.00000132. The first-order chi connectivity index (χ1) is 9.75. The van der Waals surface area contributed by atoms with E-state index in [-0.39, 0.29) is 17.8 Å². The Hall–Kier alpha value is -1.60. The standard InChI is InChI=1S/C19H20N.ClH/c1-14-19(15-8-4-3-5-9-15)13-12-18(20(14)2)16-10-6-7-11-17(16)19;/h3-11,18H,12-13H2,1-2H3;1H/q+1;/p-1. The molecule has 0 aromatic heterocycles. The third-order valence-electron chi connectivity index (χ3n) is 5.45. The molecular weight excluding hydrogens is 278 g/mol. The van der Waals surface area contributed by atoms with Crippen molar-refractivity contribution in [2.24, 2.45) is 0 Å². The first-order valence-electron chi connectivity index (χ1n) is 7.47. The van der Waals surface area contributed by atoms with Crippen LogP contribution in [0.25, 0.3) is 0 Å².